The van der Waals surface area contributed by atoms with Gasteiger partial charge in [-0.05, 0) is 13.3 Å². The second-order valence-electron chi connectivity index (χ2n) is 4.16. The molecule has 1 unspecified atom stereocenters. The third-order valence-electron chi connectivity index (χ3n) is 2.58. The molecule has 1 heterocycles. The van der Waals surface area contributed by atoms with Crippen LogP contribution in [0, 0.1) is 0 Å². The number of hydrogen-bond donors (Lipinski definition) is 2. The quantitative estimate of drug-likeness (QED) is 0.698. The number of H-pyrrole nitrogens is 1. The molecule has 1 rings (SSSR count). The second-order valence-corrected chi connectivity index (χ2v) is 4.16. The van der Waals surface area contributed by atoms with Crippen molar-refractivity contribution in [1.82, 2.24) is 9.97 Å². The van der Waals surface area contributed by atoms with Gasteiger partial charge in [0.05, 0.1) is 0 Å². The Labute approximate surface area is 96.5 Å². The van der Waals surface area contributed by atoms with Gasteiger partial charge >= 0.3 is 0 Å². The Morgan fingerprint density at radius 2 is 2.25 bits per heavy atom. The summed E-state index contributed by atoms with van der Waals surface area (Å²) in [5.74, 6) is 0.422. The van der Waals surface area contributed by atoms with E-state index in [0.717, 1.165) is 6.42 Å². The van der Waals surface area contributed by atoms with Gasteiger partial charge in [-0.1, -0.05) is 32.6 Å². The summed E-state index contributed by atoms with van der Waals surface area (Å²) in [6, 6.07) is 0.299. The van der Waals surface area contributed by atoms with Crippen molar-refractivity contribution in [3.63, 3.8) is 0 Å². The maximum absolute atomic E-state index is 11.4. The van der Waals surface area contributed by atoms with Gasteiger partial charge in [-0.25, -0.2) is 4.98 Å². The van der Waals surface area contributed by atoms with Gasteiger partial charge in [-0.2, -0.15) is 0 Å². The van der Waals surface area contributed by atoms with Crippen molar-refractivity contribution < 1.29 is 0 Å². The van der Waals surface area contributed by atoms with E-state index in [0.29, 0.717) is 11.9 Å². The predicted molar refractivity (Wildman–Crippen MR) is 66.7 cm³/mol. The number of aromatic nitrogens is 2. The van der Waals surface area contributed by atoms with Crippen LogP contribution in [0.5, 0.6) is 0 Å². The third kappa shape index (κ3) is 4.47. The molecule has 0 aromatic carbocycles. The number of rotatable bonds is 7. The molecular formula is C12H21N3O. The van der Waals surface area contributed by atoms with Gasteiger partial charge in [0.1, 0.15) is 0 Å². The van der Waals surface area contributed by atoms with Crippen LogP contribution in [-0.4, -0.2) is 16.0 Å². The van der Waals surface area contributed by atoms with Crippen LogP contribution in [0.2, 0.25) is 0 Å². The molecule has 16 heavy (non-hydrogen) atoms. The van der Waals surface area contributed by atoms with Crippen molar-refractivity contribution in [2.45, 2.75) is 52.0 Å². The Kier molecular flexibility index (Phi) is 5.61. The summed E-state index contributed by atoms with van der Waals surface area (Å²) in [5.41, 5.74) is -0.150. The first-order chi connectivity index (χ1) is 7.74. The van der Waals surface area contributed by atoms with E-state index in [-0.39, 0.29) is 5.56 Å². The van der Waals surface area contributed by atoms with E-state index in [1.165, 1.54) is 25.7 Å². The highest BCUT2D eigenvalue weighted by molar-refractivity contribution is 5.31. The smallest absolute Gasteiger partial charge is 0.290 e. The Balaban J connectivity index is 2.31. The summed E-state index contributed by atoms with van der Waals surface area (Å²) in [6.07, 6.45) is 9.22. The molecule has 0 aliphatic heterocycles. The minimum Gasteiger partial charge on any atom is -0.363 e. The number of hydrogen-bond acceptors (Lipinski definition) is 3. The van der Waals surface area contributed by atoms with E-state index in [1.807, 2.05) is 0 Å². The summed E-state index contributed by atoms with van der Waals surface area (Å²) in [7, 11) is 0. The van der Waals surface area contributed by atoms with Crippen LogP contribution in [0.25, 0.3) is 0 Å². The van der Waals surface area contributed by atoms with E-state index < -0.39 is 0 Å². The van der Waals surface area contributed by atoms with Gasteiger partial charge in [-0.3, -0.25) is 4.79 Å². The maximum atomic E-state index is 11.4. The summed E-state index contributed by atoms with van der Waals surface area (Å²) >= 11 is 0. The first-order valence-corrected chi connectivity index (χ1v) is 6.04. The Morgan fingerprint density at radius 1 is 1.44 bits per heavy atom. The van der Waals surface area contributed by atoms with Crippen LogP contribution in [0.15, 0.2) is 17.2 Å². The molecule has 0 saturated carbocycles. The number of nitrogens with zero attached hydrogens (tertiary/aromatic N) is 1. The van der Waals surface area contributed by atoms with E-state index >= 15 is 0 Å². The number of unbranched alkanes of at least 4 members (excludes halogenated alkanes) is 3. The van der Waals surface area contributed by atoms with Crippen molar-refractivity contribution in [2.24, 2.45) is 0 Å². The molecule has 0 aliphatic carbocycles. The molecule has 1 aromatic rings. The molecule has 0 fully saturated rings. The van der Waals surface area contributed by atoms with E-state index in [4.69, 9.17) is 0 Å². The number of aromatic amines is 1. The first-order valence-electron chi connectivity index (χ1n) is 6.04. The highest BCUT2D eigenvalue weighted by Crippen LogP contribution is 2.07. The van der Waals surface area contributed by atoms with Gasteiger partial charge in [0.2, 0.25) is 0 Å². The molecule has 0 bridgehead atoms. The highest BCUT2D eigenvalue weighted by atomic mass is 16.1. The standard InChI is InChI=1S/C12H21N3O/c1-3-4-5-6-7-10(2)15-11-12(16)14-9-8-13-11/h8-10H,3-7H2,1-2H3,(H,13,15)(H,14,16). The normalized spacial score (nSPS) is 12.4. The van der Waals surface area contributed by atoms with E-state index in [2.05, 4.69) is 29.1 Å². The van der Waals surface area contributed by atoms with Crippen LogP contribution in [0.1, 0.15) is 46.0 Å². The molecule has 90 valence electrons. The van der Waals surface area contributed by atoms with Crippen molar-refractivity contribution in [3.05, 3.63) is 22.7 Å². The second kappa shape index (κ2) is 7.04. The molecule has 4 heteroatoms. The van der Waals surface area contributed by atoms with E-state index in [9.17, 15) is 4.79 Å². The summed E-state index contributed by atoms with van der Waals surface area (Å²) in [5, 5.41) is 3.13. The summed E-state index contributed by atoms with van der Waals surface area (Å²) < 4.78 is 0. The zero-order chi connectivity index (χ0) is 11.8. The predicted octanol–water partition coefficient (Wildman–Crippen LogP) is 2.54. The maximum Gasteiger partial charge on any atom is 0.290 e. The molecule has 0 aliphatic rings. The Hall–Kier alpha value is -1.32. The molecular weight excluding hydrogens is 202 g/mol. The largest absolute Gasteiger partial charge is 0.363 e. The minimum atomic E-state index is -0.150. The molecule has 4 nitrogen and oxygen atoms in total. The third-order valence-corrected chi connectivity index (χ3v) is 2.58. The number of anilines is 1. The van der Waals surface area contributed by atoms with Crippen molar-refractivity contribution >= 4 is 5.82 Å². The lowest BCUT2D eigenvalue weighted by atomic mass is 10.1. The minimum absolute atomic E-state index is 0.150. The lowest BCUT2D eigenvalue weighted by Crippen LogP contribution is -2.22. The van der Waals surface area contributed by atoms with Gasteiger partial charge in [0.25, 0.3) is 5.56 Å². The molecule has 0 amide bonds. The Bertz CT molecular complexity index is 348. The molecule has 0 saturated heterocycles. The van der Waals surface area contributed by atoms with Gasteiger partial charge in [-0.15, -0.1) is 0 Å². The topological polar surface area (TPSA) is 57.8 Å². The van der Waals surface area contributed by atoms with Crippen molar-refractivity contribution in [1.29, 1.82) is 0 Å². The van der Waals surface area contributed by atoms with Crippen LogP contribution in [0.4, 0.5) is 5.82 Å². The molecule has 0 radical (unpaired) electrons. The lowest BCUT2D eigenvalue weighted by molar-refractivity contribution is 0.592. The Morgan fingerprint density at radius 3 is 2.94 bits per heavy atom. The molecule has 1 aromatic heterocycles. The van der Waals surface area contributed by atoms with Crippen LogP contribution < -0.4 is 10.9 Å². The average Bonchev–Trinajstić information content (AvgIpc) is 2.28. The molecule has 0 spiro atoms. The van der Waals surface area contributed by atoms with E-state index in [1.54, 1.807) is 12.4 Å². The zero-order valence-corrected chi connectivity index (χ0v) is 10.1. The van der Waals surface area contributed by atoms with Crippen LogP contribution >= 0.6 is 0 Å². The zero-order valence-electron chi connectivity index (χ0n) is 10.1. The number of nitrogens with one attached hydrogen (secondary N) is 2. The first kappa shape index (κ1) is 12.7. The lowest BCUT2D eigenvalue weighted by Gasteiger charge is -2.13. The summed E-state index contributed by atoms with van der Waals surface area (Å²) in [4.78, 5) is 18.0. The fourth-order valence-electron chi connectivity index (χ4n) is 1.64. The summed E-state index contributed by atoms with van der Waals surface area (Å²) in [6.45, 7) is 4.29. The highest BCUT2D eigenvalue weighted by Gasteiger charge is 2.05. The van der Waals surface area contributed by atoms with Gasteiger partial charge < -0.3 is 10.3 Å². The van der Waals surface area contributed by atoms with Crippen molar-refractivity contribution in [2.75, 3.05) is 5.32 Å². The van der Waals surface area contributed by atoms with Crippen molar-refractivity contribution in [3.8, 4) is 0 Å². The van der Waals surface area contributed by atoms with Crippen LogP contribution in [0.3, 0.4) is 0 Å². The molecule has 1 atom stereocenters. The van der Waals surface area contributed by atoms with Gasteiger partial charge in [0.15, 0.2) is 5.82 Å². The average molecular weight is 223 g/mol. The molecule has 2 N–H and O–H groups in total. The monoisotopic (exact) mass is 223 g/mol. The SMILES string of the molecule is CCCCCCC(C)Nc1ncc[nH]c1=O. The van der Waals surface area contributed by atoms with Gasteiger partial charge in [0, 0.05) is 18.4 Å². The fourth-order valence-corrected chi connectivity index (χ4v) is 1.64. The van der Waals surface area contributed by atoms with Crippen LogP contribution in [-0.2, 0) is 0 Å². The fraction of sp³-hybridized carbons (Fsp3) is 0.667.